The minimum atomic E-state index is -0.384. The number of esters is 1. The summed E-state index contributed by atoms with van der Waals surface area (Å²) in [6.45, 7) is 3.94. The van der Waals surface area contributed by atoms with E-state index >= 15 is 0 Å². The summed E-state index contributed by atoms with van der Waals surface area (Å²) in [5.74, 6) is 0.827. The minimum Gasteiger partial charge on any atom is -0.427 e. The molecule has 0 radical (unpaired) electrons. The van der Waals surface area contributed by atoms with E-state index in [4.69, 9.17) is 4.74 Å². The van der Waals surface area contributed by atoms with Crippen molar-refractivity contribution in [2.45, 2.75) is 6.92 Å². The first kappa shape index (κ1) is 19.6. The molecule has 4 rings (SSSR count). The Kier molecular flexibility index (Phi) is 5.70. The summed E-state index contributed by atoms with van der Waals surface area (Å²) in [6, 6.07) is 20.5. The van der Waals surface area contributed by atoms with Crippen molar-refractivity contribution < 1.29 is 14.3 Å². The predicted octanol–water partition coefficient (Wildman–Crippen LogP) is 3.03. The fourth-order valence-corrected chi connectivity index (χ4v) is 3.41. The Balaban J connectivity index is 1.35. The number of anilines is 1. The Morgan fingerprint density at radius 2 is 1.53 bits per heavy atom. The van der Waals surface area contributed by atoms with Crippen LogP contribution >= 0.6 is 0 Å². The van der Waals surface area contributed by atoms with Gasteiger partial charge >= 0.3 is 5.97 Å². The summed E-state index contributed by atoms with van der Waals surface area (Å²) in [7, 11) is 0. The molecule has 0 bridgehead atoms. The lowest BCUT2D eigenvalue weighted by molar-refractivity contribution is -0.131. The number of carbonyl (C=O) groups is 2. The number of piperazine rings is 1. The third kappa shape index (κ3) is 4.46. The predicted molar refractivity (Wildman–Crippen MR) is 113 cm³/mol. The first-order chi connectivity index (χ1) is 14.6. The second-order valence-corrected chi connectivity index (χ2v) is 7.04. The zero-order valence-electron chi connectivity index (χ0n) is 16.7. The van der Waals surface area contributed by atoms with E-state index in [0.717, 1.165) is 17.1 Å². The maximum atomic E-state index is 12.7. The summed E-state index contributed by atoms with van der Waals surface area (Å²) in [4.78, 5) is 27.7. The van der Waals surface area contributed by atoms with Crippen molar-refractivity contribution >= 4 is 17.7 Å². The van der Waals surface area contributed by atoms with Crippen molar-refractivity contribution in [2.75, 3.05) is 31.1 Å². The highest BCUT2D eigenvalue weighted by atomic mass is 16.5. The number of aromatic nitrogens is 2. The Bertz CT molecular complexity index is 1010. The number of hydrogen-bond donors (Lipinski definition) is 0. The molecule has 30 heavy (non-hydrogen) atoms. The lowest BCUT2D eigenvalue weighted by Gasteiger charge is -2.35. The van der Waals surface area contributed by atoms with E-state index in [2.05, 4.69) is 15.1 Å². The van der Waals surface area contributed by atoms with Gasteiger partial charge in [0.05, 0.1) is 5.69 Å². The third-order valence-electron chi connectivity index (χ3n) is 4.97. The molecule has 7 heteroatoms. The van der Waals surface area contributed by atoms with Crippen molar-refractivity contribution in [3.8, 4) is 17.0 Å². The molecule has 1 amide bonds. The number of nitrogens with zero attached hydrogens (tertiary/aromatic N) is 4. The highest BCUT2D eigenvalue weighted by molar-refractivity contribution is 5.94. The van der Waals surface area contributed by atoms with Gasteiger partial charge in [0.15, 0.2) is 5.82 Å². The molecule has 2 heterocycles. The van der Waals surface area contributed by atoms with E-state index in [1.165, 1.54) is 6.92 Å². The van der Waals surface area contributed by atoms with Crippen LogP contribution in [0.1, 0.15) is 17.3 Å². The van der Waals surface area contributed by atoms with Crippen LogP contribution in [0.4, 0.5) is 5.82 Å². The van der Waals surface area contributed by atoms with Gasteiger partial charge in [-0.05, 0) is 36.4 Å². The molecule has 0 N–H and O–H groups in total. The zero-order valence-corrected chi connectivity index (χ0v) is 16.7. The number of rotatable bonds is 4. The Morgan fingerprint density at radius 3 is 2.13 bits per heavy atom. The molecular weight excluding hydrogens is 380 g/mol. The lowest BCUT2D eigenvalue weighted by Crippen LogP contribution is -2.49. The molecule has 1 saturated heterocycles. The molecule has 1 fully saturated rings. The molecule has 152 valence electrons. The van der Waals surface area contributed by atoms with Crippen LogP contribution in [0.2, 0.25) is 0 Å². The summed E-state index contributed by atoms with van der Waals surface area (Å²) in [5, 5.41) is 8.72. The van der Waals surface area contributed by atoms with E-state index in [1.54, 1.807) is 24.3 Å². The lowest BCUT2D eigenvalue weighted by atomic mass is 10.1. The highest BCUT2D eigenvalue weighted by Gasteiger charge is 2.23. The smallest absolute Gasteiger partial charge is 0.308 e. The average Bonchev–Trinajstić information content (AvgIpc) is 2.80. The van der Waals surface area contributed by atoms with Gasteiger partial charge in [0.2, 0.25) is 0 Å². The average molecular weight is 402 g/mol. The largest absolute Gasteiger partial charge is 0.427 e. The van der Waals surface area contributed by atoms with Crippen LogP contribution in [-0.4, -0.2) is 53.2 Å². The van der Waals surface area contributed by atoms with Crippen molar-refractivity contribution in [1.29, 1.82) is 0 Å². The summed E-state index contributed by atoms with van der Waals surface area (Å²) < 4.78 is 5.01. The van der Waals surface area contributed by atoms with Crippen molar-refractivity contribution in [3.63, 3.8) is 0 Å². The molecular formula is C23H22N4O3. The molecule has 0 saturated carbocycles. The number of hydrogen-bond acceptors (Lipinski definition) is 6. The van der Waals surface area contributed by atoms with Gasteiger partial charge in [-0.1, -0.05) is 30.3 Å². The van der Waals surface area contributed by atoms with Crippen LogP contribution in [0, 0.1) is 0 Å². The Labute approximate surface area is 174 Å². The van der Waals surface area contributed by atoms with E-state index in [1.807, 2.05) is 47.4 Å². The van der Waals surface area contributed by atoms with Gasteiger partial charge < -0.3 is 14.5 Å². The van der Waals surface area contributed by atoms with Crippen LogP contribution in [0.25, 0.3) is 11.3 Å². The molecule has 0 unspecified atom stereocenters. The van der Waals surface area contributed by atoms with Gasteiger partial charge in [-0.25, -0.2) is 0 Å². The highest BCUT2D eigenvalue weighted by Crippen LogP contribution is 2.20. The van der Waals surface area contributed by atoms with Gasteiger partial charge in [-0.3, -0.25) is 9.59 Å². The van der Waals surface area contributed by atoms with Crippen molar-refractivity contribution in [3.05, 3.63) is 72.3 Å². The quantitative estimate of drug-likeness (QED) is 0.493. The number of ether oxygens (including phenoxy) is 1. The monoisotopic (exact) mass is 402 g/mol. The van der Waals surface area contributed by atoms with E-state index in [-0.39, 0.29) is 11.9 Å². The summed E-state index contributed by atoms with van der Waals surface area (Å²) in [5.41, 5.74) is 2.45. The first-order valence-electron chi connectivity index (χ1n) is 9.82. The number of carbonyl (C=O) groups excluding carboxylic acids is 2. The summed E-state index contributed by atoms with van der Waals surface area (Å²) in [6.07, 6.45) is 0. The van der Waals surface area contributed by atoms with Crippen molar-refractivity contribution in [1.82, 2.24) is 15.1 Å². The van der Waals surface area contributed by atoms with E-state index in [9.17, 15) is 9.59 Å². The maximum absolute atomic E-state index is 12.7. The first-order valence-corrected chi connectivity index (χ1v) is 9.82. The second-order valence-electron chi connectivity index (χ2n) is 7.04. The van der Waals surface area contributed by atoms with Gasteiger partial charge in [0, 0.05) is 44.2 Å². The molecule has 2 aromatic carbocycles. The second kappa shape index (κ2) is 8.73. The minimum absolute atomic E-state index is 0.0328. The zero-order chi connectivity index (χ0) is 20.9. The van der Waals surface area contributed by atoms with Crippen LogP contribution in [0.15, 0.2) is 66.7 Å². The van der Waals surface area contributed by atoms with Crippen LogP contribution in [-0.2, 0) is 4.79 Å². The molecule has 0 atom stereocenters. The number of amides is 1. The Morgan fingerprint density at radius 1 is 0.833 bits per heavy atom. The molecule has 0 spiro atoms. The molecule has 7 nitrogen and oxygen atoms in total. The van der Waals surface area contributed by atoms with E-state index in [0.29, 0.717) is 37.5 Å². The van der Waals surface area contributed by atoms with Crippen LogP contribution in [0.5, 0.6) is 5.75 Å². The van der Waals surface area contributed by atoms with Crippen LogP contribution < -0.4 is 9.64 Å². The standard InChI is InChI=1S/C23H22N4O3/c1-17(28)30-20-9-7-19(8-10-20)23(29)27-15-13-26(14-16-27)22-12-11-21(24-25-22)18-5-3-2-4-6-18/h2-12H,13-16H2,1H3. The fourth-order valence-electron chi connectivity index (χ4n) is 3.41. The molecule has 1 aliphatic rings. The Hall–Kier alpha value is -3.74. The normalized spacial score (nSPS) is 13.8. The number of benzene rings is 2. The third-order valence-corrected chi connectivity index (χ3v) is 4.97. The van der Waals surface area contributed by atoms with Crippen molar-refractivity contribution in [2.24, 2.45) is 0 Å². The van der Waals surface area contributed by atoms with Gasteiger partial charge in [0.1, 0.15) is 5.75 Å². The fraction of sp³-hybridized carbons (Fsp3) is 0.217. The molecule has 3 aromatic rings. The maximum Gasteiger partial charge on any atom is 0.308 e. The molecule has 1 aliphatic heterocycles. The van der Waals surface area contributed by atoms with Crippen LogP contribution in [0.3, 0.4) is 0 Å². The SMILES string of the molecule is CC(=O)Oc1ccc(C(=O)N2CCN(c3ccc(-c4ccccc4)nn3)CC2)cc1. The van der Waals surface area contributed by atoms with Gasteiger partial charge in [-0.2, -0.15) is 0 Å². The van der Waals surface area contributed by atoms with Gasteiger partial charge in [-0.15, -0.1) is 10.2 Å². The molecule has 1 aromatic heterocycles. The summed E-state index contributed by atoms with van der Waals surface area (Å²) >= 11 is 0. The molecule has 0 aliphatic carbocycles. The van der Waals surface area contributed by atoms with E-state index < -0.39 is 0 Å². The topological polar surface area (TPSA) is 75.6 Å². The van der Waals surface area contributed by atoms with Gasteiger partial charge in [0.25, 0.3) is 5.91 Å².